The van der Waals surface area contributed by atoms with Crippen LogP contribution >= 0.6 is 24.0 Å². The number of halogens is 3. The number of carbonyl (C=O) groups excluding carboxylic acids is 1. The van der Waals surface area contributed by atoms with Crippen molar-refractivity contribution in [3.8, 4) is 11.1 Å². The van der Waals surface area contributed by atoms with Gasteiger partial charge in [-0.15, -0.1) is 12.4 Å². The van der Waals surface area contributed by atoms with Gasteiger partial charge in [-0.1, -0.05) is 35.9 Å². The summed E-state index contributed by atoms with van der Waals surface area (Å²) in [6.45, 7) is 2.25. The first-order valence-electron chi connectivity index (χ1n) is 8.63. The molecular formula is C20H23Cl2FN2O. The van der Waals surface area contributed by atoms with Gasteiger partial charge in [0.15, 0.2) is 0 Å². The van der Waals surface area contributed by atoms with E-state index >= 15 is 0 Å². The minimum Gasteiger partial charge on any atom is -0.352 e. The molecular weight excluding hydrogens is 374 g/mol. The average Bonchev–Trinajstić information content (AvgIpc) is 3.13. The van der Waals surface area contributed by atoms with E-state index in [-0.39, 0.29) is 30.7 Å². The molecule has 1 amide bonds. The van der Waals surface area contributed by atoms with Crippen LogP contribution in [0.15, 0.2) is 42.5 Å². The van der Waals surface area contributed by atoms with Gasteiger partial charge in [-0.2, -0.15) is 0 Å². The third-order valence-electron chi connectivity index (χ3n) is 4.65. The second kappa shape index (κ2) is 9.91. The van der Waals surface area contributed by atoms with Crippen molar-refractivity contribution in [2.45, 2.75) is 25.8 Å². The van der Waals surface area contributed by atoms with Gasteiger partial charge in [-0.25, -0.2) is 4.39 Å². The molecule has 2 N–H and O–H groups in total. The zero-order valence-corrected chi connectivity index (χ0v) is 16.0. The van der Waals surface area contributed by atoms with Gasteiger partial charge in [0.25, 0.3) is 0 Å². The van der Waals surface area contributed by atoms with Crippen molar-refractivity contribution in [3.63, 3.8) is 0 Å². The minimum atomic E-state index is -0.312. The number of rotatable bonds is 6. The van der Waals surface area contributed by atoms with E-state index in [0.29, 0.717) is 22.9 Å². The molecule has 3 nitrogen and oxygen atoms in total. The maximum Gasteiger partial charge on any atom is 0.220 e. The first kappa shape index (κ1) is 20.7. The van der Waals surface area contributed by atoms with E-state index in [1.54, 1.807) is 18.2 Å². The van der Waals surface area contributed by atoms with Crippen molar-refractivity contribution < 1.29 is 9.18 Å². The molecule has 1 atom stereocenters. The lowest BCUT2D eigenvalue weighted by Crippen LogP contribution is -2.24. The predicted octanol–water partition coefficient (Wildman–Crippen LogP) is 4.57. The molecule has 26 heavy (non-hydrogen) atoms. The first-order chi connectivity index (χ1) is 12.1. The van der Waals surface area contributed by atoms with Crippen LogP contribution in [0.4, 0.5) is 4.39 Å². The summed E-state index contributed by atoms with van der Waals surface area (Å²) in [5, 5.41) is 6.76. The second-order valence-corrected chi connectivity index (χ2v) is 6.92. The number of hydrogen-bond acceptors (Lipinski definition) is 2. The van der Waals surface area contributed by atoms with Crippen LogP contribution in [0.2, 0.25) is 5.02 Å². The van der Waals surface area contributed by atoms with Crippen LogP contribution < -0.4 is 10.6 Å². The van der Waals surface area contributed by atoms with Crippen LogP contribution in [0, 0.1) is 11.7 Å². The second-order valence-electron chi connectivity index (χ2n) is 6.49. The van der Waals surface area contributed by atoms with Gasteiger partial charge in [-0.3, -0.25) is 4.79 Å². The highest BCUT2D eigenvalue weighted by atomic mass is 35.5. The van der Waals surface area contributed by atoms with E-state index < -0.39 is 0 Å². The Balaban J connectivity index is 0.00000243. The molecule has 6 heteroatoms. The number of amides is 1. The fourth-order valence-electron chi connectivity index (χ4n) is 3.09. The number of benzene rings is 2. The highest BCUT2D eigenvalue weighted by Crippen LogP contribution is 2.23. The van der Waals surface area contributed by atoms with Crippen molar-refractivity contribution in [1.29, 1.82) is 0 Å². The third kappa shape index (κ3) is 5.70. The Hall–Kier alpha value is -1.62. The first-order valence-corrected chi connectivity index (χ1v) is 9.01. The molecule has 1 saturated heterocycles. The molecule has 0 bridgehead atoms. The molecule has 3 rings (SSSR count). The zero-order valence-electron chi connectivity index (χ0n) is 14.4. The molecule has 0 aliphatic carbocycles. The van der Waals surface area contributed by atoms with Crippen LogP contribution in [0.5, 0.6) is 0 Å². The van der Waals surface area contributed by atoms with Gasteiger partial charge in [0.2, 0.25) is 5.91 Å². The quantitative estimate of drug-likeness (QED) is 0.750. The number of nitrogens with one attached hydrogen (secondary N) is 2. The molecule has 2 aromatic rings. The van der Waals surface area contributed by atoms with Crippen LogP contribution in [0.25, 0.3) is 11.1 Å². The van der Waals surface area contributed by atoms with E-state index in [9.17, 15) is 9.18 Å². The molecule has 1 fully saturated rings. The van der Waals surface area contributed by atoms with Crippen LogP contribution in [-0.4, -0.2) is 19.0 Å². The summed E-state index contributed by atoms with van der Waals surface area (Å²) in [6.07, 6.45) is 2.52. The Morgan fingerprint density at radius 1 is 1.19 bits per heavy atom. The standard InChI is InChI=1S/C20H22ClFN2O.ClH/c21-18-6-4-15(5-7-18)16-2-3-17(19(22)11-16)13-24-20(25)8-1-14-9-10-23-12-14;/h2-7,11,14,23H,1,8-10,12-13H2,(H,24,25);1H. The summed E-state index contributed by atoms with van der Waals surface area (Å²) in [7, 11) is 0. The summed E-state index contributed by atoms with van der Waals surface area (Å²) < 4.78 is 14.3. The van der Waals surface area contributed by atoms with Crippen molar-refractivity contribution >= 4 is 29.9 Å². The molecule has 1 unspecified atom stereocenters. The van der Waals surface area contributed by atoms with Gasteiger partial charge < -0.3 is 10.6 Å². The van der Waals surface area contributed by atoms with Crippen molar-refractivity contribution in [3.05, 3.63) is 58.9 Å². The largest absolute Gasteiger partial charge is 0.352 e. The average molecular weight is 397 g/mol. The smallest absolute Gasteiger partial charge is 0.220 e. The van der Waals surface area contributed by atoms with Gasteiger partial charge in [0.1, 0.15) is 5.82 Å². The Bertz CT molecular complexity index is 731. The topological polar surface area (TPSA) is 41.1 Å². The van der Waals surface area contributed by atoms with Crippen molar-refractivity contribution in [2.75, 3.05) is 13.1 Å². The fraction of sp³-hybridized carbons (Fsp3) is 0.350. The normalized spacial score (nSPS) is 16.2. The number of carbonyl (C=O) groups is 1. The van der Waals surface area contributed by atoms with E-state index in [1.165, 1.54) is 6.07 Å². The maximum absolute atomic E-state index is 14.3. The zero-order chi connectivity index (χ0) is 17.6. The summed E-state index contributed by atoms with van der Waals surface area (Å²) in [4.78, 5) is 11.9. The molecule has 0 aromatic heterocycles. The number of hydrogen-bond donors (Lipinski definition) is 2. The minimum absolute atomic E-state index is 0. The summed E-state index contributed by atoms with van der Waals surface area (Å²) in [6, 6.07) is 12.4. The van der Waals surface area contributed by atoms with E-state index in [2.05, 4.69) is 10.6 Å². The molecule has 0 saturated carbocycles. The molecule has 1 aliphatic rings. The van der Waals surface area contributed by atoms with Crippen molar-refractivity contribution in [2.24, 2.45) is 5.92 Å². The molecule has 1 aliphatic heterocycles. The lowest BCUT2D eigenvalue weighted by atomic mass is 10.0. The van der Waals surface area contributed by atoms with Crippen LogP contribution in [0.3, 0.4) is 0 Å². The summed E-state index contributed by atoms with van der Waals surface area (Å²) in [5.74, 6) is 0.252. The van der Waals surface area contributed by atoms with Gasteiger partial charge >= 0.3 is 0 Å². The van der Waals surface area contributed by atoms with Crippen LogP contribution in [0.1, 0.15) is 24.8 Å². The van der Waals surface area contributed by atoms with Gasteiger partial charge in [0.05, 0.1) is 0 Å². The lowest BCUT2D eigenvalue weighted by molar-refractivity contribution is -0.121. The van der Waals surface area contributed by atoms with E-state index in [0.717, 1.165) is 37.1 Å². The van der Waals surface area contributed by atoms with Crippen LogP contribution in [-0.2, 0) is 11.3 Å². The Labute approximate surface area is 164 Å². The Kier molecular flexibility index (Phi) is 7.88. The summed E-state index contributed by atoms with van der Waals surface area (Å²) in [5.41, 5.74) is 2.19. The predicted molar refractivity (Wildman–Crippen MR) is 106 cm³/mol. The molecule has 0 radical (unpaired) electrons. The van der Waals surface area contributed by atoms with Gasteiger partial charge in [0, 0.05) is 23.6 Å². The SMILES string of the molecule is Cl.O=C(CCC1CCNC1)NCc1ccc(-c2ccc(Cl)cc2)cc1F. The lowest BCUT2D eigenvalue weighted by Gasteiger charge is -2.10. The monoisotopic (exact) mass is 396 g/mol. The maximum atomic E-state index is 14.3. The van der Waals surface area contributed by atoms with Crippen molar-refractivity contribution in [1.82, 2.24) is 10.6 Å². The Morgan fingerprint density at radius 2 is 1.92 bits per heavy atom. The highest BCUT2D eigenvalue weighted by Gasteiger charge is 2.15. The molecule has 1 heterocycles. The van der Waals surface area contributed by atoms with Gasteiger partial charge in [-0.05, 0) is 61.2 Å². The van der Waals surface area contributed by atoms with E-state index in [1.807, 2.05) is 18.2 Å². The highest BCUT2D eigenvalue weighted by molar-refractivity contribution is 6.30. The third-order valence-corrected chi connectivity index (χ3v) is 4.90. The molecule has 0 spiro atoms. The Morgan fingerprint density at radius 3 is 2.58 bits per heavy atom. The fourth-order valence-corrected chi connectivity index (χ4v) is 3.22. The summed E-state index contributed by atoms with van der Waals surface area (Å²) >= 11 is 5.88. The molecule has 2 aromatic carbocycles. The van der Waals surface area contributed by atoms with E-state index in [4.69, 9.17) is 11.6 Å². The molecule has 140 valence electrons.